The number of hydrogen-bond acceptors (Lipinski definition) is 7. The molecule has 2 aromatic heterocycles. The average Bonchev–Trinajstić information content (AvgIpc) is 3.05. The molecule has 10 heteroatoms. The molecule has 0 fully saturated rings. The fraction of sp³-hybridized carbons (Fsp3) is 0.158. The lowest BCUT2D eigenvalue weighted by atomic mass is 10.1. The zero-order valence-corrected chi connectivity index (χ0v) is 16.4. The van der Waals surface area contributed by atoms with Gasteiger partial charge in [-0.1, -0.05) is 29.5 Å². The third-order valence-electron chi connectivity index (χ3n) is 4.32. The van der Waals surface area contributed by atoms with E-state index in [-0.39, 0.29) is 17.3 Å². The van der Waals surface area contributed by atoms with Crippen LogP contribution in [-0.4, -0.2) is 36.7 Å². The van der Waals surface area contributed by atoms with Gasteiger partial charge >= 0.3 is 0 Å². The molecular formula is C19H16N6O3S. The Balaban J connectivity index is 1.49. The normalized spacial score (nSPS) is 11.1. The predicted octanol–water partition coefficient (Wildman–Crippen LogP) is 3.76. The summed E-state index contributed by atoms with van der Waals surface area (Å²) in [5.74, 6) is -0.267. The lowest BCUT2D eigenvalue weighted by Gasteiger charge is -2.04. The Labute approximate surface area is 169 Å². The molecule has 0 aliphatic heterocycles. The van der Waals surface area contributed by atoms with Crippen LogP contribution in [0.15, 0.2) is 41.6 Å². The van der Waals surface area contributed by atoms with E-state index in [0.29, 0.717) is 22.0 Å². The van der Waals surface area contributed by atoms with Gasteiger partial charge in [-0.05, 0) is 31.5 Å². The van der Waals surface area contributed by atoms with Crippen molar-refractivity contribution in [3.8, 4) is 0 Å². The first-order chi connectivity index (χ1) is 13.9. The number of aromatic nitrogens is 4. The molecule has 4 aromatic rings. The average molecular weight is 408 g/mol. The van der Waals surface area contributed by atoms with Crippen LogP contribution in [0.2, 0.25) is 0 Å². The number of amides is 1. The zero-order valence-electron chi connectivity index (χ0n) is 15.6. The van der Waals surface area contributed by atoms with E-state index in [1.165, 1.54) is 18.2 Å². The van der Waals surface area contributed by atoms with Crippen molar-refractivity contribution in [1.29, 1.82) is 0 Å². The zero-order chi connectivity index (χ0) is 20.5. The van der Waals surface area contributed by atoms with Gasteiger partial charge in [-0.2, -0.15) is 0 Å². The summed E-state index contributed by atoms with van der Waals surface area (Å²) in [6.45, 7) is 4.04. The summed E-state index contributed by atoms with van der Waals surface area (Å²) in [7, 11) is 0. The third kappa shape index (κ3) is 3.87. The molecule has 0 saturated heterocycles. The molecule has 2 N–H and O–H groups in total. The lowest BCUT2D eigenvalue weighted by Crippen LogP contribution is -2.14. The number of rotatable bonds is 5. The molecule has 1 amide bonds. The number of H-pyrrole nitrogens is 1. The van der Waals surface area contributed by atoms with E-state index in [9.17, 15) is 14.9 Å². The van der Waals surface area contributed by atoms with Crippen LogP contribution >= 0.6 is 11.8 Å². The number of nitrogens with zero attached hydrogens (tertiary/aromatic N) is 4. The van der Waals surface area contributed by atoms with E-state index in [4.69, 9.17) is 0 Å². The number of carbonyl (C=O) groups is 1. The molecule has 29 heavy (non-hydrogen) atoms. The first-order valence-corrected chi connectivity index (χ1v) is 9.70. The van der Waals surface area contributed by atoms with Crippen LogP contribution < -0.4 is 5.32 Å². The number of nitro benzene ring substituents is 1. The van der Waals surface area contributed by atoms with Gasteiger partial charge in [0.25, 0.3) is 5.69 Å². The molecular weight excluding hydrogens is 392 g/mol. The SMILES string of the molecule is Cc1cc(C)c2[nH]c3nc(SCC(=O)Nc4cccc([N+](=O)[O-])c4)nnc3c2c1. The standard InChI is InChI=1S/C19H16N6O3S/c1-10-6-11(2)16-14(7-10)17-18(21-16)22-19(24-23-17)29-9-15(26)20-12-4-3-5-13(8-12)25(27)28/h3-8H,9H2,1-2H3,(H,20,26)(H,21,22,24). The lowest BCUT2D eigenvalue weighted by molar-refractivity contribution is -0.384. The highest BCUT2D eigenvalue weighted by molar-refractivity contribution is 7.99. The van der Waals surface area contributed by atoms with Gasteiger partial charge in [0.05, 0.1) is 16.2 Å². The van der Waals surface area contributed by atoms with E-state index in [1.54, 1.807) is 6.07 Å². The number of benzene rings is 2. The molecule has 9 nitrogen and oxygen atoms in total. The van der Waals surface area contributed by atoms with Crippen molar-refractivity contribution in [2.75, 3.05) is 11.1 Å². The Morgan fingerprint density at radius 2 is 2.07 bits per heavy atom. The molecule has 2 heterocycles. The molecule has 0 bridgehead atoms. The van der Waals surface area contributed by atoms with Crippen LogP contribution in [0.1, 0.15) is 11.1 Å². The second-order valence-corrected chi connectivity index (χ2v) is 7.51. The van der Waals surface area contributed by atoms with Gasteiger partial charge in [0.15, 0.2) is 5.65 Å². The van der Waals surface area contributed by atoms with Crippen molar-refractivity contribution in [1.82, 2.24) is 20.2 Å². The molecule has 0 radical (unpaired) electrons. The van der Waals surface area contributed by atoms with Crippen molar-refractivity contribution in [2.45, 2.75) is 19.0 Å². The molecule has 0 atom stereocenters. The quantitative estimate of drug-likeness (QED) is 0.292. The molecule has 4 rings (SSSR count). The molecule has 0 unspecified atom stereocenters. The minimum atomic E-state index is -0.511. The number of carbonyl (C=O) groups excluding carboxylic acids is 1. The summed E-state index contributed by atoms with van der Waals surface area (Å²) < 4.78 is 0. The monoisotopic (exact) mass is 408 g/mol. The van der Waals surface area contributed by atoms with Crippen LogP contribution in [0.3, 0.4) is 0 Å². The number of nitrogens with one attached hydrogen (secondary N) is 2. The van der Waals surface area contributed by atoms with Crippen LogP contribution in [0.4, 0.5) is 11.4 Å². The van der Waals surface area contributed by atoms with E-state index in [2.05, 4.69) is 31.5 Å². The second kappa shape index (κ2) is 7.47. The summed E-state index contributed by atoms with van der Waals surface area (Å²) in [4.78, 5) is 30.2. The fourth-order valence-corrected chi connectivity index (χ4v) is 3.69. The van der Waals surface area contributed by atoms with Gasteiger partial charge in [-0.3, -0.25) is 14.9 Å². The molecule has 0 aliphatic carbocycles. The van der Waals surface area contributed by atoms with Gasteiger partial charge in [0.2, 0.25) is 11.1 Å². The summed E-state index contributed by atoms with van der Waals surface area (Å²) in [5, 5.41) is 23.2. The summed E-state index contributed by atoms with van der Waals surface area (Å²) in [6, 6.07) is 9.90. The molecule has 2 aromatic carbocycles. The van der Waals surface area contributed by atoms with E-state index >= 15 is 0 Å². The minimum Gasteiger partial charge on any atom is -0.337 e. The predicted molar refractivity (Wildman–Crippen MR) is 111 cm³/mol. The number of thioether (sulfide) groups is 1. The summed E-state index contributed by atoms with van der Waals surface area (Å²) in [5.41, 5.74) is 4.79. The van der Waals surface area contributed by atoms with E-state index in [0.717, 1.165) is 33.8 Å². The highest BCUT2D eigenvalue weighted by Gasteiger charge is 2.13. The Kier molecular flexibility index (Phi) is 4.85. The molecule has 0 spiro atoms. The van der Waals surface area contributed by atoms with E-state index in [1.807, 2.05) is 19.9 Å². The van der Waals surface area contributed by atoms with Gasteiger partial charge in [-0.25, -0.2) is 4.98 Å². The highest BCUT2D eigenvalue weighted by atomic mass is 32.2. The molecule has 146 valence electrons. The van der Waals surface area contributed by atoms with Crippen molar-refractivity contribution in [3.63, 3.8) is 0 Å². The van der Waals surface area contributed by atoms with Gasteiger partial charge < -0.3 is 10.3 Å². The number of anilines is 1. The Bertz CT molecular complexity index is 1270. The maximum Gasteiger partial charge on any atom is 0.271 e. The number of hydrogen-bond donors (Lipinski definition) is 2. The van der Waals surface area contributed by atoms with Crippen molar-refractivity contribution < 1.29 is 9.72 Å². The van der Waals surface area contributed by atoms with Crippen LogP contribution in [0.25, 0.3) is 22.1 Å². The minimum absolute atomic E-state index is 0.0498. The molecule has 0 aliphatic rings. The van der Waals surface area contributed by atoms with Crippen LogP contribution in [0.5, 0.6) is 0 Å². The third-order valence-corrected chi connectivity index (χ3v) is 5.16. The smallest absolute Gasteiger partial charge is 0.271 e. The van der Waals surface area contributed by atoms with Gasteiger partial charge in [0, 0.05) is 23.2 Å². The second-order valence-electron chi connectivity index (χ2n) is 6.57. The maximum absolute atomic E-state index is 12.2. The molecule has 0 saturated carbocycles. The van der Waals surface area contributed by atoms with Crippen LogP contribution in [-0.2, 0) is 4.79 Å². The van der Waals surface area contributed by atoms with Gasteiger partial charge in [0.1, 0.15) is 5.52 Å². The Morgan fingerprint density at radius 1 is 1.24 bits per heavy atom. The largest absolute Gasteiger partial charge is 0.337 e. The summed E-state index contributed by atoms with van der Waals surface area (Å²) in [6.07, 6.45) is 0. The highest BCUT2D eigenvalue weighted by Crippen LogP contribution is 2.27. The first kappa shape index (κ1) is 18.8. The number of nitro groups is 1. The van der Waals surface area contributed by atoms with Crippen molar-refractivity contribution in [2.24, 2.45) is 0 Å². The number of aryl methyl sites for hydroxylation is 2. The van der Waals surface area contributed by atoms with E-state index < -0.39 is 4.92 Å². The van der Waals surface area contributed by atoms with Crippen LogP contribution in [0, 0.1) is 24.0 Å². The first-order valence-electron chi connectivity index (χ1n) is 8.71. The van der Waals surface area contributed by atoms with Crippen molar-refractivity contribution in [3.05, 3.63) is 57.6 Å². The van der Waals surface area contributed by atoms with Gasteiger partial charge in [-0.15, -0.1) is 10.2 Å². The summed E-state index contributed by atoms with van der Waals surface area (Å²) >= 11 is 1.14. The fourth-order valence-electron chi connectivity index (χ4n) is 3.10. The number of fused-ring (bicyclic) bond motifs is 3. The number of non-ortho nitro benzene ring substituents is 1. The topological polar surface area (TPSA) is 127 Å². The van der Waals surface area contributed by atoms with Crippen molar-refractivity contribution >= 4 is 51.1 Å². The maximum atomic E-state index is 12.2. The number of aromatic amines is 1. The Hall–Kier alpha value is -3.53. The Morgan fingerprint density at radius 3 is 2.86 bits per heavy atom.